The molecule has 2 aromatic heterocycles. The van der Waals surface area contributed by atoms with Gasteiger partial charge in [-0.3, -0.25) is 9.89 Å². The van der Waals surface area contributed by atoms with Crippen molar-refractivity contribution >= 4 is 10.0 Å². The largest absolute Gasteiger partial charge is 0.412 e. The van der Waals surface area contributed by atoms with E-state index in [0.717, 1.165) is 11.4 Å². The number of nitrogens with zero attached hydrogens (tertiary/aromatic N) is 3. The average molecular weight is 427 g/mol. The molecule has 0 saturated carbocycles. The van der Waals surface area contributed by atoms with Gasteiger partial charge in [-0.15, -0.1) is 0 Å². The standard InChI is InChI=1S/C20H19N5O3S.H2O/c1-13-12-18(24(22-13)15-6-4-3-5-7-15)19-14(2)23-25(20(19)26)16-8-10-17(11-9-16)29(21,27)28;/h3-12,23H,1-2H3,(H2,21,27,28);1H2. The Kier molecular flexibility index (Phi) is 5.49. The van der Waals surface area contributed by atoms with Gasteiger partial charge < -0.3 is 5.48 Å². The normalized spacial score (nSPS) is 11.3. The highest BCUT2D eigenvalue weighted by atomic mass is 32.2. The third-order valence-corrected chi connectivity index (χ3v) is 5.51. The van der Waals surface area contributed by atoms with Gasteiger partial charge in [0, 0.05) is 5.69 Å². The molecule has 0 fully saturated rings. The maximum atomic E-state index is 13.2. The minimum Gasteiger partial charge on any atom is -0.412 e. The second-order valence-electron chi connectivity index (χ2n) is 6.71. The van der Waals surface area contributed by atoms with Crippen molar-refractivity contribution in [1.82, 2.24) is 19.6 Å². The fourth-order valence-corrected chi connectivity index (χ4v) is 3.77. The van der Waals surface area contributed by atoms with Crippen molar-refractivity contribution in [3.8, 4) is 22.6 Å². The number of H-pyrrole nitrogens is 1. The number of aromatic nitrogens is 4. The molecule has 0 saturated heterocycles. The Morgan fingerprint density at radius 3 is 2.20 bits per heavy atom. The number of benzene rings is 2. The molecular weight excluding hydrogens is 406 g/mol. The molecule has 156 valence electrons. The lowest BCUT2D eigenvalue weighted by Crippen LogP contribution is -2.17. The summed E-state index contributed by atoms with van der Waals surface area (Å²) >= 11 is 0. The Balaban J connectivity index is 0.00000256. The number of rotatable bonds is 4. The van der Waals surface area contributed by atoms with Crippen molar-refractivity contribution in [2.24, 2.45) is 5.14 Å². The van der Waals surface area contributed by atoms with Crippen molar-refractivity contribution in [3.63, 3.8) is 0 Å². The van der Waals surface area contributed by atoms with Crippen molar-refractivity contribution in [3.05, 3.63) is 82.4 Å². The van der Waals surface area contributed by atoms with E-state index in [1.165, 1.54) is 28.9 Å². The zero-order valence-electron chi connectivity index (χ0n) is 16.3. The molecule has 9 nitrogen and oxygen atoms in total. The molecule has 0 aliphatic heterocycles. The van der Waals surface area contributed by atoms with Gasteiger partial charge in [-0.25, -0.2) is 22.9 Å². The first-order chi connectivity index (χ1) is 13.8. The first kappa shape index (κ1) is 21.2. The molecule has 0 aliphatic carbocycles. The van der Waals surface area contributed by atoms with Crippen LogP contribution >= 0.6 is 0 Å². The molecule has 10 heteroatoms. The summed E-state index contributed by atoms with van der Waals surface area (Å²) in [5, 5.41) is 12.7. The van der Waals surface area contributed by atoms with Crippen LogP contribution in [0.5, 0.6) is 0 Å². The van der Waals surface area contributed by atoms with Crippen LogP contribution in [-0.4, -0.2) is 33.5 Å². The number of primary sulfonamides is 1. The van der Waals surface area contributed by atoms with E-state index < -0.39 is 10.0 Å². The van der Waals surface area contributed by atoms with Crippen LogP contribution in [0.25, 0.3) is 22.6 Å². The van der Waals surface area contributed by atoms with Crippen LogP contribution in [0.15, 0.2) is 70.4 Å². The quantitative estimate of drug-likeness (QED) is 0.507. The van der Waals surface area contributed by atoms with Gasteiger partial charge >= 0.3 is 0 Å². The third-order valence-electron chi connectivity index (χ3n) is 4.58. The van der Waals surface area contributed by atoms with Crippen molar-refractivity contribution in [1.29, 1.82) is 0 Å². The predicted octanol–water partition coefficient (Wildman–Crippen LogP) is 1.46. The molecule has 0 aliphatic rings. The SMILES string of the molecule is Cc1cc(-c2c(C)[nH]n(-c3ccc(S(N)(=O)=O)cc3)c2=O)n(-c2ccccc2)n1.O. The molecule has 5 N–H and O–H groups in total. The number of para-hydroxylation sites is 1. The van der Waals surface area contributed by atoms with Crippen LogP contribution in [-0.2, 0) is 10.0 Å². The van der Waals surface area contributed by atoms with Crippen molar-refractivity contribution in [2.45, 2.75) is 18.7 Å². The van der Waals surface area contributed by atoms with Crippen molar-refractivity contribution < 1.29 is 13.9 Å². The monoisotopic (exact) mass is 427 g/mol. The first-order valence-corrected chi connectivity index (χ1v) is 10.4. The Bertz CT molecular complexity index is 1350. The van der Waals surface area contributed by atoms with Crippen LogP contribution in [0, 0.1) is 13.8 Å². The summed E-state index contributed by atoms with van der Waals surface area (Å²) in [6.45, 7) is 3.68. The van der Waals surface area contributed by atoms with Crippen molar-refractivity contribution in [2.75, 3.05) is 0 Å². The second-order valence-corrected chi connectivity index (χ2v) is 8.27. The number of nitrogens with one attached hydrogen (secondary N) is 1. The molecule has 0 radical (unpaired) electrons. The molecule has 2 heterocycles. The van der Waals surface area contributed by atoms with E-state index in [1.807, 2.05) is 50.2 Å². The van der Waals surface area contributed by atoms with E-state index in [0.29, 0.717) is 22.6 Å². The minimum atomic E-state index is -3.80. The molecule has 4 aromatic rings. The van der Waals surface area contributed by atoms with Gasteiger partial charge in [-0.05, 0) is 56.3 Å². The Morgan fingerprint density at radius 1 is 0.967 bits per heavy atom. The maximum absolute atomic E-state index is 13.2. The minimum absolute atomic E-state index is 0. The molecule has 0 unspecified atom stereocenters. The van der Waals surface area contributed by atoms with Crippen LogP contribution in [0.3, 0.4) is 0 Å². The van der Waals surface area contributed by atoms with E-state index in [9.17, 15) is 13.2 Å². The summed E-state index contributed by atoms with van der Waals surface area (Å²) in [4.78, 5) is 13.2. The molecular formula is C20H21N5O4S. The zero-order chi connectivity index (χ0) is 20.8. The van der Waals surface area contributed by atoms with Gasteiger partial charge in [0.05, 0.1) is 33.2 Å². The lowest BCUT2D eigenvalue weighted by atomic mass is 10.1. The Morgan fingerprint density at radius 2 is 1.60 bits per heavy atom. The van der Waals surface area contributed by atoms with E-state index in [1.54, 1.807) is 4.68 Å². The fraction of sp³-hybridized carbons (Fsp3) is 0.100. The van der Waals surface area contributed by atoms with E-state index in [-0.39, 0.29) is 15.9 Å². The lowest BCUT2D eigenvalue weighted by Gasteiger charge is -2.06. The summed E-state index contributed by atoms with van der Waals surface area (Å²) in [5.74, 6) is 0. The van der Waals surface area contributed by atoms with E-state index >= 15 is 0 Å². The highest BCUT2D eigenvalue weighted by Crippen LogP contribution is 2.24. The third kappa shape index (κ3) is 3.71. The Labute approximate surface area is 172 Å². The van der Waals surface area contributed by atoms with Gasteiger partial charge in [0.2, 0.25) is 10.0 Å². The average Bonchev–Trinajstić information content (AvgIpc) is 3.20. The number of sulfonamides is 1. The van der Waals surface area contributed by atoms with Gasteiger partial charge in [-0.2, -0.15) is 5.10 Å². The topological polar surface area (TPSA) is 147 Å². The highest BCUT2D eigenvalue weighted by Gasteiger charge is 2.20. The van der Waals surface area contributed by atoms with Gasteiger partial charge in [0.1, 0.15) is 0 Å². The van der Waals surface area contributed by atoms with Crippen LogP contribution in [0.4, 0.5) is 0 Å². The molecule has 0 atom stereocenters. The molecule has 2 aromatic carbocycles. The summed E-state index contributed by atoms with van der Waals surface area (Å²) in [6, 6.07) is 17.2. The number of hydrogen-bond donors (Lipinski definition) is 2. The zero-order valence-corrected chi connectivity index (χ0v) is 17.1. The highest BCUT2D eigenvalue weighted by molar-refractivity contribution is 7.89. The summed E-state index contributed by atoms with van der Waals surface area (Å²) < 4.78 is 26.0. The molecule has 0 bridgehead atoms. The van der Waals surface area contributed by atoms with Gasteiger partial charge in [0.15, 0.2) is 0 Å². The van der Waals surface area contributed by atoms with Gasteiger partial charge in [0.25, 0.3) is 5.56 Å². The summed E-state index contributed by atoms with van der Waals surface area (Å²) in [6.07, 6.45) is 0. The van der Waals surface area contributed by atoms with Crippen LogP contribution in [0.1, 0.15) is 11.4 Å². The molecule has 4 rings (SSSR count). The summed E-state index contributed by atoms with van der Waals surface area (Å²) in [7, 11) is -3.80. The number of hydrogen-bond acceptors (Lipinski definition) is 4. The van der Waals surface area contributed by atoms with Crippen LogP contribution in [0.2, 0.25) is 0 Å². The lowest BCUT2D eigenvalue weighted by molar-refractivity contribution is 0.597. The Hall–Kier alpha value is -3.47. The maximum Gasteiger partial charge on any atom is 0.280 e. The summed E-state index contributed by atoms with van der Waals surface area (Å²) in [5.41, 5.74) is 3.70. The second kappa shape index (κ2) is 7.75. The molecule has 30 heavy (non-hydrogen) atoms. The number of nitrogens with two attached hydrogens (primary N) is 1. The molecule has 0 spiro atoms. The molecule has 0 amide bonds. The van der Waals surface area contributed by atoms with E-state index in [4.69, 9.17) is 5.14 Å². The number of aromatic amines is 1. The predicted molar refractivity (Wildman–Crippen MR) is 113 cm³/mol. The smallest absolute Gasteiger partial charge is 0.280 e. The fourth-order valence-electron chi connectivity index (χ4n) is 3.26. The van der Waals surface area contributed by atoms with E-state index in [2.05, 4.69) is 10.2 Å². The van der Waals surface area contributed by atoms with Crippen LogP contribution < -0.4 is 10.7 Å². The first-order valence-electron chi connectivity index (χ1n) is 8.83. The van der Waals surface area contributed by atoms with Gasteiger partial charge in [-0.1, -0.05) is 18.2 Å². The number of aryl methyl sites for hydroxylation is 2.